The Morgan fingerprint density at radius 3 is 2.07 bits per heavy atom. The molecule has 0 fully saturated rings. The zero-order valence-corrected chi connectivity index (χ0v) is 14.6. The van der Waals surface area contributed by atoms with Crippen LogP contribution in [0.1, 0.15) is 15.9 Å². The summed E-state index contributed by atoms with van der Waals surface area (Å²) in [6.07, 6.45) is 1.11. The third kappa shape index (κ3) is 4.92. The first kappa shape index (κ1) is 18.1. The van der Waals surface area contributed by atoms with Crippen LogP contribution in [0.25, 0.3) is 11.1 Å². The Morgan fingerprint density at radius 1 is 0.815 bits per heavy atom. The van der Waals surface area contributed by atoms with Crippen molar-refractivity contribution in [1.29, 1.82) is 0 Å². The number of rotatable bonds is 6. The summed E-state index contributed by atoms with van der Waals surface area (Å²) >= 11 is 0. The molecule has 0 amide bonds. The summed E-state index contributed by atoms with van der Waals surface area (Å²) in [4.78, 5) is 23.3. The van der Waals surface area contributed by atoms with Gasteiger partial charge in [-0.1, -0.05) is 61.2 Å². The minimum atomic E-state index is -0.488. The number of hydrogen-bond acceptors (Lipinski definition) is 4. The maximum absolute atomic E-state index is 12.3. The van der Waals surface area contributed by atoms with Crippen molar-refractivity contribution in [3.8, 4) is 16.9 Å². The van der Waals surface area contributed by atoms with Crippen LogP contribution in [0.4, 0.5) is 0 Å². The molecule has 0 saturated heterocycles. The van der Waals surface area contributed by atoms with Crippen molar-refractivity contribution in [3.63, 3.8) is 0 Å². The van der Waals surface area contributed by atoms with E-state index < -0.39 is 11.9 Å². The van der Waals surface area contributed by atoms with Crippen LogP contribution in [0.2, 0.25) is 0 Å². The van der Waals surface area contributed by atoms with Crippen molar-refractivity contribution in [3.05, 3.63) is 103 Å². The van der Waals surface area contributed by atoms with Crippen LogP contribution in [0.3, 0.4) is 0 Å². The average molecular weight is 358 g/mol. The summed E-state index contributed by atoms with van der Waals surface area (Å²) in [7, 11) is 0. The highest BCUT2D eigenvalue weighted by Gasteiger charge is 2.09. The lowest BCUT2D eigenvalue weighted by atomic mass is 10.1. The van der Waals surface area contributed by atoms with Gasteiger partial charge in [0.15, 0.2) is 0 Å². The van der Waals surface area contributed by atoms with Gasteiger partial charge in [-0.05, 0) is 41.0 Å². The normalized spacial score (nSPS) is 10.1. The van der Waals surface area contributed by atoms with Gasteiger partial charge in [0.1, 0.15) is 12.4 Å². The molecule has 4 heteroatoms. The van der Waals surface area contributed by atoms with E-state index in [1.54, 1.807) is 36.4 Å². The van der Waals surface area contributed by atoms with E-state index in [0.717, 1.165) is 22.8 Å². The van der Waals surface area contributed by atoms with Crippen LogP contribution in [0.5, 0.6) is 5.75 Å². The lowest BCUT2D eigenvalue weighted by Crippen LogP contribution is -2.08. The summed E-state index contributed by atoms with van der Waals surface area (Å²) in [5, 5.41) is 0. The predicted octanol–water partition coefficient (Wildman–Crippen LogP) is 4.80. The molecule has 0 aromatic heterocycles. The third-order valence-corrected chi connectivity index (χ3v) is 3.91. The second-order valence-electron chi connectivity index (χ2n) is 5.79. The molecule has 4 nitrogen and oxygen atoms in total. The smallest absolute Gasteiger partial charge is 0.343 e. The molecule has 0 saturated carbocycles. The molecule has 0 heterocycles. The lowest BCUT2D eigenvalue weighted by molar-refractivity contribution is -0.138. The van der Waals surface area contributed by atoms with Gasteiger partial charge in [-0.25, -0.2) is 9.59 Å². The number of carbonyl (C=O) groups is 2. The van der Waals surface area contributed by atoms with Crippen molar-refractivity contribution in [1.82, 2.24) is 0 Å². The van der Waals surface area contributed by atoms with E-state index in [1.165, 1.54) is 0 Å². The molecule has 3 aromatic rings. The predicted molar refractivity (Wildman–Crippen MR) is 103 cm³/mol. The highest BCUT2D eigenvalue weighted by atomic mass is 16.5. The summed E-state index contributed by atoms with van der Waals surface area (Å²) in [5.41, 5.74) is 3.34. The molecular formula is C23H18O4. The van der Waals surface area contributed by atoms with E-state index in [9.17, 15) is 9.59 Å². The Hall–Kier alpha value is -3.66. The van der Waals surface area contributed by atoms with Crippen molar-refractivity contribution in [2.24, 2.45) is 0 Å². The molecule has 27 heavy (non-hydrogen) atoms. The standard InChI is InChI=1S/C23H18O4/c1-2-22(24)26-16-17-8-10-20(11-9-17)23(25)27-21-14-12-19(13-15-21)18-6-4-3-5-7-18/h2-15H,1,16H2. The van der Waals surface area contributed by atoms with Gasteiger partial charge < -0.3 is 9.47 Å². The number of carbonyl (C=O) groups excluding carboxylic acids is 2. The number of hydrogen-bond donors (Lipinski definition) is 0. The Labute approximate surface area is 157 Å². The molecule has 0 atom stereocenters. The molecule has 0 N–H and O–H groups in total. The van der Waals surface area contributed by atoms with Crippen molar-refractivity contribution in [2.75, 3.05) is 0 Å². The zero-order chi connectivity index (χ0) is 19.1. The minimum Gasteiger partial charge on any atom is -0.458 e. The van der Waals surface area contributed by atoms with E-state index >= 15 is 0 Å². The van der Waals surface area contributed by atoms with E-state index in [-0.39, 0.29) is 6.61 Å². The molecule has 0 aliphatic carbocycles. The van der Waals surface area contributed by atoms with E-state index in [1.807, 2.05) is 42.5 Å². The monoisotopic (exact) mass is 358 g/mol. The molecule has 134 valence electrons. The average Bonchev–Trinajstić information content (AvgIpc) is 2.73. The molecule has 0 bridgehead atoms. The van der Waals surface area contributed by atoms with Gasteiger partial charge in [-0.3, -0.25) is 0 Å². The summed E-state index contributed by atoms with van der Waals surface area (Å²) in [6.45, 7) is 3.46. The summed E-state index contributed by atoms with van der Waals surface area (Å²) < 4.78 is 10.4. The van der Waals surface area contributed by atoms with Gasteiger partial charge in [-0.15, -0.1) is 0 Å². The SMILES string of the molecule is C=CC(=O)OCc1ccc(C(=O)Oc2ccc(-c3ccccc3)cc2)cc1. The highest BCUT2D eigenvalue weighted by molar-refractivity contribution is 5.91. The second-order valence-corrected chi connectivity index (χ2v) is 5.79. The fraction of sp³-hybridized carbons (Fsp3) is 0.0435. The third-order valence-electron chi connectivity index (χ3n) is 3.91. The van der Waals surface area contributed by atoms with E-state index in [2.05, 4.69) is 6.58 Å². The van der Waals surface area contributed by atoms with Crippen LogP contribution in [-0.2, 0) is 16.1 Å². The fourth-order valence-corrected chi connectivity index (χ4v) is 2.46. The zero-order valence-electron chi connectivity index (χ0n) is 14.6. The number of esters is 2. The van der Waals surface area contributed by atoms with Crippen molar-refractivity contribution in [2.45, 2.75) is 6.61 Å². The van der Waals surface area contributed by atoms with Gasteiger partial charge in [-0.2, -0.15) is 0 Å². The highest BCUT2D eigenvalue weighted by Crippen LogP contribution is 2.22. The number of benzene rings is 3. The molecule has 3 rings (SSSR count). The molecule has 0 unspecified atom stereocenters. The van der Waals surface area contributed by atoms with Gasteiger partial charge in [0, 0.05) is 6.08 Å². The van der Waals surface area contributed by atoms with Crippen molar-refractivity contribution < 1.29 is 19.1 Å². The Morgan fingerprint density at radius 2 is 1.44 bits per heavy atom. The van der Waals surface area contributed by atoms with Crippen molar-refractivity contribution >= 4 is 11.9 Å². The van der Waals surface area contributed by atoms with Gasteiger partial charge in [0.2, 0.25) is 0 Å². The first-order chi connectivity index (χ1) is 13.2. The molecule has 0 aliphatic rings. The molecule has 0 spiro atoms. The van der Waals surface area contributed by atoms with Gasteiger partial charge >= 0.3 is 11.9 Å². The summed E-state index contributed by atoms with van der Waals surface area (Å²) in [6, 6.07) is 24.0. The van der Waals surface area contributed by atoms with Crippen LogP contribution >= 0.6 is 0 Å². The summed E-state index contributed by atoms with van der Waals surface area (Å²) in [5.74, 6) is -0.460. The van der Waals surface area contributed by atoms with Crippen LogP contribution in [0.15, 0.2) is 91.5 Å². The molecule has 3 aromatic carbocycles. The first-order valence-electron chi connectivity index (χ1n) is 8.41. The second kappa shape index (κ2) is 8.63. The van der Waals surface area contributed by atoms with E-state index in [4.69, 9.17) is 9.47 Å². The maximum atomic E-state index is 12.3. The van der Waals surface area contributed by atoms with E-state index in [0.29, 0.717) is 11.3 Å². The van der Waals surface area contributed by atoms with Crippen LogP contribution < -0.4 is 4.74 Å². The molecular weight excluding hydrogens is 340 g/mol. The topological polar surface area (TPSA) is 52.6 Å². The fourth-order valence-electron chi connectivity index (χ4n) is 2.46. The largest absolute Gasteiger partial charge is 0.458 e. The van der Waals surface area contributed by atoms with Crippen LogP contribution in [0, 0.1) is 0 Å². The minimum absolute atomic E-state index is 0.126. The lowest BCUT2D eigenvalue weighted by Gasteiger charge is -2.07. The molecule has 0 aliphatic heterocycles. The van der Waals surface area contributed by atoms with Gasteiger partial charge in [0.25, 0.3) is 0 Å². The Bertz CT molecular complexity index is 926. The maximum Gasteiger partial charge on any atom is 0.343 e. The van der Waals surface area contributed by atoms with Crippen LogP contribution in [-0.4, -0.2) is 11.9 Å². The molecule has 0 radical (unpaired) electrons. The Kier molecular flexibility index (Phi) is 5.80. The first-order valence-corrected chi connectivity index (χ1v) is 8.41. The Balaban J connectivity index is 1.61. The number of ether oxygens (including phenoxy) is 2. The quantitative estimate of drug-likeness (QED) is 0.361. The van der Waals surface area contributed by atoms with Gasteiger partial charge in [0.05, 0.1) is 5.56 Å².